The third-order valence-corrected chi connectivity index (χ3v) is 5.11. The fourth-order valence-electron chi connectivity index (χ4n) is 3.78. The highest BCUT2D eigenvalue weighted by atomic mass is 19.1. The topological polar surface area (TPSA) is 29.5 Å². The van der Waals surface area contributed by atoms with Gasteiger partial charge in [0.1, 0.15) is 11.6 Å². The zero-order valence-corrected chi connectivity index (χ0v) is 15.8. The average molecular weight is 373 g/mol. The lowest BCUT2D eigenvalue weighted by Crippen LogP contribution is -2.43. The number of halogens is 2. The lowest BCUT2D eigenvalue weighted by atomic mass is 9.93. The number of benzene rings is 2. The molecule has 3 rings (SSSR count). The molecule has 2 atom stereocenters. The van der Waals surface area contributed by atoms with Crippen LogP contribution in [0.4, 0.5) is 8.78 Å². The molecule has 0 unspecified atom stereocenters. The Morgan fingerprint density at radius 2 is 1.85 bits per heavy atom. The Kier molecular flexibility index (Phi) is 6.22. The molecule has 0 spiro atoms. The molecule has 2 aromatic rings. The van der Waals surface area contributed by atoms with Crippen LogP contribution in [-0.2, 0) is 9.53 Å². The molecule has 0 aliphatic carbocycles. The summed E-state index contributed by atoms with van der Waals surface area (Å²) in [6.45, 7) is 5.15. The zero-order valence-electron chi connectivity index (χ0n) is 15.8. The number of hydrogen-bond donors (Lipinski definition) is 0. The van der Waals surface area contributed by atoms with Crippen LogP contribution in [0.25, 0.3) is 11.1 Å². The van der Waals surface area contributed by atoms with Gasteiger partial charge in [-0.3, -0.25) is 4.79 Å². The maximum atomic E-state index is 13.6. The first-order valence-electron chi connectivity index (χ1n) is 9.49. The smallest absolute Gasteiger partial charge is 0.222 e. The average Bonchev–Trinajstić information content (AvgIpc) is 2.68. The first-order chi connectivity index (χ1) is 13.0. The highest BCUT2D eigenvalue weighted by Gasteiger charge is 2.29. The van der Waals surface area contributed by atoms with Crippen molar-refractivity contribution in [3.8, 4) is 11.1 Å². The standard InChI is InChI=1S/C22H25F2NO2/c1-3-22(26)25(4-2)20-8-9-27-21(14-20)16-7-5-6-15(10-16)17-11-18(23)13-19(24)12-17/h5-7,10-13,20-21H,3-4,8-9,14H2,1-2H3/t20-,21+/m0/s1. The summed E-state index contributed by atoms with van der Waals surface area (Å²) < 4.78 is 33.1. The molecule has 2 aromatic carbocycles. The van der Waals surface area contributed by atoms with Gasteiger partial charge in [-0.1, -0.05) is 25.1 Å². The van der Waals surface area contributed by atoms with Gasteiger partial charge in [-0.05, 0) is 54.7 Å². The minimum Gasteiger partial charge on any atom is -0.373 e. The molecule has 5 heteroatoms. The molecule has 27 heavy (non-hydrogen) atoms. The van der Waals surface area contributed by atoms with Crippen molar-refractivity contribution in [2.75, 3.05) is 13.2 Å². The van der Waals surface area contributed by atoms with Gasteiger partial charge in [0, 0.05) is 31.7 Å². The Morgan fingerprint density at radius 3 is 2.52 bits per heavy atom. The number of hydrogen-bond acceptors (Lipinski definition) is 2. The minimum absolute atomic E-state index is 0.138. The number of carbonyl (C=O) groups is 1. The quantitative estimate of drug-likeness (QED) is 0.729. The number of nitrogens with zero attached hydrogens (tertiary/aromatic N) is 1. The Bertz CT molecular complexity index is 788. The molecule has 0 N–H and O–H groups in total. The summed E-state index contributed by atoms with van der Waals surface area (Å²) in [7, 11) is 0. The van der Waals surface area contributed by atoms with Crippen LogP contribution in [0, 0.1) is 11.6 Å². The predicted molar refractivity (Wildman–Crippen MR) is 101 cm³/mol. The first-order valence-corrected chi connectivity index (χ1v) is 9.49. The largest absolute Gasteiger partial charge is 0.373 e. The van der Waals surface area contributed by atoms with E-state index in [2.05, 4.69) is 0 Å². The van der Waals surface area contributed by atoms with E-state index in [0.717, 1.165) is 30.0 Å². The molecular formula is C22H25F2NO2. The SMILES string of the molecule is CCC(=O)N(CC)[C@H]1CCO[C@@H](c2cccc(-c3cc(F)cc(F)c3)c2)C1. The Morgan fingerprint density at radius 1 is 1.11 bits per heavy atom. The second-order valence-corrected chi connectivity index (χ2v) is 6.85. The van der Waals surface area contributed by atoms with Crippen molar-refractivity contribution in [3.63, 3.8) is 0 Å². The molecule has 1 aliphatic rings. The molecule has 144 valence electrons. The van der Waals surface area contributed by atoms with E-state index in [0.29, 0.717) is 25.1 Å². The number of rotatable bonds is 5. The van der Waals surface area contributed by atoms with E-state index in [-0.39, 0.29) is 18.1 Å². The fraction of sp³-hybridized carbons (Fsp3) is 0.409. The van der Waals surface area contributed by atoms with Gasteiger partial charge < -0.3 is 9.64 Å². The first kappa shape index (κ1) is 19.5. The normalized spacial score (nSPS) is 19.7. The van der Waals surface area contributed by atoms with Gasteiger partial charge in [-0.25, -0.2) is 8.78 Å². The molecule has 1 heterocycles. The summed E-state index contributed by atoms with van der Waals surface area (Å²) in [4.78, 5) is 14.1. The molecule has 3 nitrogen and oxygen atoms in total. The summed E-state index contributed by atoms with van der Waals surface area (Å²) in [5, 5.41) is 0. The Balaban J connectivity index is 1.83. The summed E-state index contributed by atoms with van der Waals surface area (Å²) in [6.07, 6.45) is 1.91. The highest BCUT2D eigenvalue weighted by molar-refractivity contribution is 5.76. The minimum atomic E-state index is -0.596. The summed E-state index contributed by atoms with van der Waals surface area (Å²) in [5.41, 5.74) is 2.20. The van der Waals surface area contributed by atoms with E-state index in [9.17, 15) is 13.6 Å². The summed E-state index contributed by atoms with van der Waals surface area (Å²) in [6, 6.07) is 11.2. The Labute approximate surface area is 158 Å². The fourth-order valence-corrected chi connectivity index (χ4v) is 3.78. The monoisotopic (exact) mass is 373 g/mol. The van der Waals surface area contributed by atoms with Gasteiger partial charge in [0.15, 0.2) is 0 Å². The maximum Gasteiger partial charge on any atom is 0.222 e. The van der Waals surface area contributed by atoms with E-state index in [1.165, 1.54) is 12.1 Å². The molecule has 0 bridgehead atoms. The molecule has 0 radical (unpaired) electrons. The maximum absolute atomic E-state index is 13.6. The molecule has 1 saturated heterocycles. The van der Waals surface area contributed by atoms with Crippen molar-refractivity contribution >= 4 is 5.91 Å². The van der Waals surface area contributed by atoms with Crippen LogP contribution in [-0.4, -0.2) is 30.0 Å². The molecule has 1 fully saturated rings. The van der Waals surface area contributed by atoms with Crippen molar-refractivity contribution < 1.29 is 18.3 Å². The third-order valence-electron chi connectivity index (χ3n) is 5.11. The van der Waals surface area contributed by atoms with Crippen molar-refractivity contribution in [1.29, 1.82) is 0 Å². The number of amides is 1. The van der Waals surface area contributed by atoms with E-state index in [1.807, 2.05) is 43.0 Å². The van der Waals surface area contributed by atoms with Crippen LogP contribution in [0.5, 0.6) is 0 Å². The zero-order chi connectivity index (χ0) is 19.4. The van der Waals surface area contributed by atoms with Crippen LogP contribution in [0.3, 0.4) is 0 Å². The van der Waals surface area contributed by atoms with Crippen molar-refractivity contribution in [2.45, 2.75) is 45.3 Å². The molecule has 0 saturated carbocycles. The van der Waals surface area contributed by atoms with Crippen LogP contribution >= 0.6 is 0 Å². The van der Waals surface area contributed by atoms with Crippen LogP contribution in [0.15, 0.2) is 42.5 Å². The lowest BCUT2D eigenvalue weighted by molar-refractivity contribution is -0.136. The summed E-state index contributed by atoms with van der Waals surface area (Å²) in [5.74, 6) is -1.03. The second-order valence-electron chi connectivity index (χ2n) is 6.85. The molecular weight excluding hydrogens is 348 g/mol. The van der Waals surface area contributed by atoms with E-state index in [1.54, 1.807) is 0 Å². The van der Waals surface area contributed by atoms with Crippen molar-refractivity contribution in [1.82, 2.24) is 4.90 Å². The van der Waals surface area contributed by atoms with Crippen molar-refractivity contribution in [2.24, 2.45) is 0 Å². The van der Waals surface area contributed by atoms with E-state index < -0.39 is 11.6 Å². The third kappa shape index (κ3) is 4.53. The second kappa shape index (κ2) is 8.61. The predicted octanol–water partition coefficient (Wildman–Crippen LogP) is 5.11. The van der Waals surface area contributed by atoms with Gasteiger partial charge in [0.05, 0.1) is 6.10 Å². The van der Waals surface area contributed by atoms with Gasteiger partial charge in [0.25, 0.3) is 0 Å². The molecule has 1 amide bonds. The van der Waals surface area contributed by atoms with Gasteiger partial charge in [0.2, 0.25) is 5.91 Å². The van der Waals surface area contributed by atoms with E-state index >= 15 is 0 Å². The number of ether oxygens (including phenoxy) is 1. The van der Waals surface area contributed by atoms with Crippen LogP contribution < -0.4 is 0 Å². The van der Waals surface area contributed by atoms with Gasteiger partial charge >= 0.3 is 0 Å². The highest BCUT2D eigenvalue weighted by Crippen LogP contribution is 2.33. The number of carbonyl (C=O) groups excluding carboxylic acids is 1. The summed E-state index contributed by atoms with van der Waals surface area (Å²) >= 11 is 0. The van der Waals surface area contributed by atoms with Crippen LogP contribution in [0.1, 0.15) is 44.8 Å². The molecule has 1 aliphatic heterocycles. The van der Waals surface area contributed by atoms with E-state index in [4.69, 9.17) is 4.74 Å². The lowest BCUT2D eigenvalue weighted by Gasteiger charge is -2.37. The van der Waals surface area contributed by atoms with Crippen LogP contribution in [0.2, 0.25) is 0 Å². The molecule has 0 aromatic heterocycles. The Hall–Kier alpha value is -2.27. The van der Waals surface area contributed by atoms with Gasteiger partial charge in [-0.15, -0.1) is 0 Å². The van der Waals surface area contributed by atoms with Crippen molar-refractivity contribution in [3.05, 3.63) is 59.7 Å². The van der Waals surface area contributed by atoms with Gasteiger partial charge in [-0.2, -0.15) is 0 Å².